The fraction of sp³-hybridized carbons (Fsp3) is 0.172. The number of thiazole rings is 1. The molecule has 2 unspecified atom stereocenters. The summed E-state index contributed by atoms with van der Waals surface area (Å²) in [6, 6.07) is 17.9. The summed E-state index contributed by atoms with van der Waals surface area (Å²) < 4.78 is 40.6. The molecule has 4 aromatic rings. The zero-order valence-electron chi connectivity index (χ0n) is 22.2. The second-order valence-corrected chi connectivity index (χ2v) is 12.1. The first kappa shape index (κ1) is 29.3. The van der Waals surface area contributed by atoms with Gasteiger partial charge in [-0.05, 0) is 35.9 Å². The van der Waals surface area contributed by atoms with E-state index in [1.165, 1.54) is 30.3 Å². The molecule has 15 heteroatoms. The molecule has 1 saturated heterocycles. The predicted octanol–water partition coefficient (Wildman–Crippen LogP) is 5.27. The summed E-state index contributed by atoms with van der Waals surface area (Å²) in [6.45, 7) is -0.541. The average molecular weight is 641 g/mol. The summed E-state index contributed by atoms with van der Waals surface area (Å²) in [5, 5.41) is 12.8. The van der Waals surface area contributed by atoms with Gasteiger partial charge in [0.15, 0.2) is 0 Å². The van der Waals surface area contributed by atoms with E-state index in [9.17, 15) is 42.5 Å². The number of nitrogens with one attached hydrogen (secondary N) is 1. The van der Waals surface area contributed by atoms with Crippen LogP contribution in [-0.2, 0) is 27.1 Å². The summed E-state index contributed by atoms with van der Waals surface area (Å²) in [5.74, 6) is -3.50. The van der Waals surface area contributed by atoms with Crippen LogP contribution in [0.2, 0.25) is 0 Å². The number of aromatic nitrogens is 1. The zero-order valence-corrected chi connectivity index (χ0v) is 23.8. The number of hydrogen-bond donors (Lipinski definition) is 1. The van der Waals surface area contributed by atoms with E-state index in [2.05, 4.69) is 5.32 Å². The van der Waals surface area contributed by atoms with Gasteiger partial charge in [-0.15, -0.1) is 0 Å². The molecule has 0 saturated carbocycles. The van der Waals surface area contributed by atoms with Crippen molar-refractivity contribution in [3.63, 3.8) is 0 Å². The molecular weight excluding hydrogens is 621 g/mol. The number of carbonyl (C=O) groups excluding carboxylic acids is 3. The molecule has 10 nitrogen and oxygen atoms in total. The number of non-ortho nitro benzene ring substituents is 1. The number of nitrogens with zero attached hydrogens (tertiary/aromatic N) is 3. The molecule has 224 valence electrons. The Morgan fingerprint density at radius 2 is 1.66 bits per heavy atom. The molecule has 3 amide bonds. The van der Waals surface area contributed by atoms with Crippen molar-refractivity contribution in [2.45, 2.75) is 28.9 Å². The lowest BCUT2D eigenvalue weighted by molar-refractivity contribution is -0.384. The number of imide groups is 1. The van der Waals surface area contributed by atoms with Crippen molar-refractivity contribution in [2.75, 3.05) is 10.2 Å². The van der Waals surface area contributed by atoms with Crippen LogP contribution in [0.4, 0.5) is 30.2 Å². The van der Waals surface area contributed by atoms with Gasteiger partial charge >= 0.3 is 11.0 Å². The van der Waals surface area contributed by atoms with E-state index in [1.807, 2.05) is 0 Å². The number of thioether (sulfide) groups is 1. The third-order valence-electron chi connectivity index (χ3n) is 7.30. The summed E-state index contributed by atoms with van der Waals surface area (Å²) in [5.41, 5.74) is -0.440. The minimum Gasteiger partial charge on any atom is -0.325 e. The molecule has 2 aliphatic heterocycles. The minimum atomic E-state index is -4.61. The van der Waals surface area contributed by atoms with E-state index >= 15 is 0 Å². The fourth-order valence-corrected chi connectivity index (χ4v) is 8.14. The Morgan fingerprint density at radius 3 is 2.32 bits per heavy atom. The van der Waals surface area contributed by atoms with Crippen LogP contribution in [0.25, 0.3) is 0 Å². The molecule has 1 aromatic heterocycles. The molecule has 3 heterocycles. The molecule has 0 radical (unpaired) electrons. The van der Waals surface area contributed by atoms with Crippen molar-refractivity contribution in [1.82, 2.24) is 4.57 Å². The van der Waals surface area contributed by atoms with E-state index in [0.717, 1.165) is 50.8 Å². The summed E-state index contributed by atoms with van der Waals surface area (Å²) in [6.07, 6.45) is -4.61. The van der Waals surface area contributed by atoms with E-state index in [4.69, 9.17) is 0 Å². The molecular formula is C29H19F3N4O6S2. The van der Waals surface area contributed by atoms with Crippen molar-refractivity contribution < 1.29 is 32.5 Å². The quantitative estimate of drug-likeness (QED) is 0.173. The Kier molecular flexibility index (Phi) is 7.37. The summed E-state index contributed by atoms with van der Waals surface area (Å²) >= 11 is 1.80. The molecule has 0 aliphatic carbocycles. The molecule has 1 N–H and O–H groups in total. The summed E-state index contributed by atoms with van der Waals surface area (Å²) in [4.78, 5) is 65.2. The smallest absolute Gasteiger partial charge is 0.325 e. The summed E-state index contributed by atoms with van der Waals surface area (Å²) in [7, 11) is 0. The van der Waals surface area contributed by atoms with Gasteiger partial charge in [0.2, 0.25) is 17.7 Å². The van der Waals surface area contributed by atoms with Gasteiger partial charge in [-0.3, -0.25) is 33.9 Å². The van der Waals surface area contributed by atoms with Crippen LogP contribution in [-0.4, -0.2) is 32.5 Å². The Balaban J connectivity index is 1.36. The number of hydrogen-bond acceptors (Lipinski definition) is 8. The first-order valence-electron chi connectivity index (χ1n) is 13.0. The molecule has 0 bridgehead atoms. The topological polar surface area (TPSA) is 132 Å². The Bertz CT molecular complexity index is 1870. The first-order valence-corrected chi connectivity index (χ1v) is 14.7. The third kappa shape index (κ3) is 5.17. The van der Waals surface area contributed by atoms with Crippen LogP contribution >= 0.6 is 23.1 Å². The number of amides is 3. The van der Waals surface area contributed by atoms with E-state index in [1.54, 1.807) is 30.3 Å². The monoisotopic (exact) mass is 640 g/mol. The van der Waals surface area contributed by atoms with Crippen molar-refractivity contribution in [2.24, 2.45) is 5.92 Å². The highest BCUT2D eigenvalue weighted by Gasteiger charge is 2.56. The third-order valence-corrected chi connectivity index (χ3v) is 9.91. The van der Waals surface area contributed by atoms with Gasteiger partial charge in [-0.25, -0.2) is 4.90 Å². The van der Waals surface area contributed by atoms with Crippen molar-refractivity contribution in [1.29, 1.82) is 0 Å². The highest BCUT2D eigenvalue weighted by molar-refractivity contribution is 8.00. The molecule has 0 spiro atoms. The van der Waals surface area contributed by atoms with E-state index in [0.29, 0.717) is 15.5 Å². The maximum absolute atomic E-state index is 13.9. The lowest BCUT2D eigenvalue weighted by Crippen LogP contribution is -2.33. The Hall–Kier alpha value is -4.76. The van der Waals surface area contributed by atoms with E-state index in [-0.39, 0.29) is 17.1 Å². The molecule has 3 atom stereocenters. The number of nitro groups is 1. The van der Waals surface area contributed by atoms with E-state index < -0.39 is 62.9 Å². The van der Waals surface area contributed by atoms with Crippen LogP contribution < -0.4 is 15.1 Å². The second-order valence-electron chi connectivity index (χ2n) is 9.99. The average Bonchev–Trinajstić information content (AvgIpc) is 3.43. The van der Waals surface area contributed by atoms with Gasteiger partial charge in [0.1, 0.15) is 11.8 Å². The molecule has 44 heavy (non-hydrogen) atoms. The van der Waals surface area contributed by atoms with Crippen molar-refractivity contribution >= 4 is 57.9 Å². The van der Waals surface area contributed by atoms with Crippen LogP contribution in [0, 0.1) is 16.0 Å². The number of benzene rings is 3. The fourth-order valence-electron chi connectivity index (χ4n) is 5.37. The van der Waals surface area contributed by atoms with Crippen molar-refractivity contribution in [3.8, 4) is 0 Å². The zero-order chi connectivity index (χ0) is 31.3. The van der Waals surface area contributed by atoms with Crippen LogP contribution in [0.3, 0.4) is 0 Å². The molecule has 2 aliphatic rings. The van der Waals surface area contributed by atoms with Crippen LogP contribution in [0.15, 0.2) is 88.7 Å². The van der Waals surface area contributed by atoms with Gasteiger partial charge in [-0.1, -0.05) is 59.5 Å². The lowest BCUT2D eigenvalue weighted by Gasteiger charge is -2.30. The molecule has 1 fully saturated rings. The Morgan fingerprint density at radius 1 is 0.955 bits per heavy atom. The number of alkyl halides is 3. The van der Waals surface area contributed by atoms with Gasteiger partial charge in [0, 0.05) is 28.6 Å². The largest absolute Gasteiger partial charge is 0.416 e. The first-order chi connectivity index (χ1) is 20.9. The molecule has 6 rings (SSSR count). The maximum Gasteiger partial charge on any atom is 0.416 e. The number of nitro benzene ring substituents is 1. The number of fused-ring (bicyclic) bond motifs is 2. The number of anilines is 2. The van der Waals surface area contributed by atoms with Crippen molar-refractivity contribution in [3.05, 3.63) is 115 Å². The Labute approximate surface area is 254 Å². The van der Waals surface area contributed by atoms with Gasteiger partial charge in [-0.2, -0.15) is 13.2 Å². The van der Waals surface area contributed by atoms with Gasteiger partial charge < -0.3 is 5.32 Å². The SMILES string of the molecule is O=C(Cn1c2c(sc1=O)[C@@H](c1ccccc1)C1C(=O)N(c3ccc([N+](=O)[O-])cc3)C(=O)C1S2)Nc1cccc(C(F)(F)F)c1. The maximum atomic E-state index is 13.9. The van der Waals surface area contributed by atoms with Gasteiger partial charge in [0.25, 0.3) is 5.69 Å². The normalized spacial score (nSPS) is 19.4. The lowest BCUT2D eigenvalue weighted by atomic mass is 9.83. The van der Waals surface area contributed by atoms with Gasteiger partial charge in [0.05, 0.1) is 27.1 Å². The highest BCUT2D eigenvalue weighted by Crippen LogP contribution is 2.53. The number of carbonyl (C=O) groups is 3. The number of halogens is 3. The highest BCUT2D eigenvalue weighted by atomic mass is 32.2. The standard InChI is InChI=1S/C29H19F3N4O6S2/c30-29(31,32)16-7-4-8-17(13-16)33-20(37)14-34-27-24(44-28(34)40)21(15-5-2-1-3-6-15)22-23(43-27)26(39)35(25(22)38)18-9-11-19(12-10-18)36(41)42/h1-13,21-23H,14H2,(H,33,37)/t21-,22?,23?/m0/s1. The van der Waals surface area contributed by atoms with Crippen LogP contribution in [0.1, 0.15) is 21.9 Å². The number of rotatable bonds is 6. The molecule has 3 aromatic carbocycles. The minimum absolute atomic E-state index is 0.104. The predicted molar refractivity (Wildman–Crippen MR) is 156 cm³/mol. The second kappa shape index (κ2) is 11.1. The van der Waals surface area contributed by atoms with Crippen LogP contribution in [0.5, 0.6) is 0 Å².